The molecule has 0 aliphatic rings. The lowest BCUT2D eigenvalue weighted by atomic mass is 9.94. The van der Waals surface area contributed by atoms with E-state index in [0.717, 1.165) is 22.2 Å². The molecule has 5 heteroatoms. The zero-order chi connectivity index (χ0) is 13.3. The predicted molar refractivity (Wildman–Crippen MR) is 73.8 cm³/mol. The molecule has 2 aromatic rings. The topological polar surface area (TPSA) is 63.9 Å². The standard InChI is InChI=1S/C13H16ClN3O/c1-7(2)11(8(3)18-15)9-6-17-13-12(9)10(14)4-5-16-13/h4-7H,15H2,1-3H3,(H,16,17)/b11-8+. The first-order valence-electron chi connectivity index (χ1n) is 5.75. The lowest BCUT2D eigenvalue weighted by molar-refractivity contribution is 0.223. The fraction of sp³-hybridized carbons (Fsp3) is 0.308. The lowest BCUT2D eigenvalue weighted by Gasteiger charge is -2.14. The van der Waals surface area contributed by atoms with Crippen molar-refractivity contribution in [1.29, 1.82) is 0 Å². The van der Waals surface area contributed by atoms with Crippen LogP contribution in [-0.2, 0) is 4.84 Å². The molecule has 0 aromatic carbocycles. The van der Waals surface area contributed by atoms with Crippen LogP contribution in [0.25, 0.3) is 16.6 Å². The first-order chi connectivity index (χ1) is 8.56. The Morgan fingerprint density at radius 1 is 1.50 bits per heavy atom. The smallest absolute Gasteiger partial charge is 0.139 e. The number of nitrogens with two attached hydrogens (primary N) is 1. The summed E-state index contributed by atoms with van der Waals surface area (Å²) in [5, 5.41) is 1.57. The van der Waals surface area contributed by atoms with E-state index in [4.69, 9.17) is 22.3 Å². The largest absolute Gasteiger partial charge is 0.416 e. The van der Waals surface area contributed by atoms with Crippen LogP contribution in [0.4, 0.5) is 0 Å². The molecule has 4 nitrogen and oxygen atoms in total. The average Bonchev–Trinajstić information content (AvgIpc) is 2.74. The molecule has 0 aliphatic heterocycles. The van der Waals surface area contributed by atoms with Crippen LogP contribution in [0, 0.1) is 5.92 Å². The minimum atomic E-state index is 0.267. The van der Waals surface area contributed by atoms with Gasteiger partial charge in [-0.05, 0) is 18.9 Å². The summed E-state index contributed by atoms with van der Waals surface area (Å²) in [6, 6.07) is 1.78. The van der Waals surface area contributed by atoms with Crippen molar-refractivity contribution in [3.8, 4) is 0 Å². The van der Waals surface area contributed by atoms with E-state index in [0.29, 0.717) is 10.8 Å². The molecule has 0 saturated carbocycles. The van der Waals surface area contributed by atoms with Gasteiger partial charge in [0.05, 0.1) is 5.02 Å². The molecule has 2 aromatic heterocycles. The third kappa shape index (κ3) is 2.09. The van der Waals surface area contributed by atoms with Crippen LogP contribution in [0.1, 0.15) is 26.3 Å². The van der Waals surface area contributed by atoms with Gasteiger partial charge in [0.1, 0.15) is 11.4 Å². The summed E-state index contributed by atoms with van der Waals surface area (Å²) < 4.78 is 0. The number of rotatable bonds is 3. The van der Waals surface area contributed by atoms with Gasteiger partial charge in [0.2, 0.25) is 0 Å². The molecule has 0 radical (unpaired) electrons. The number of H-pyrrole nitrogens is 1. The molecule has 0 aliphatic carbocycles. The van der Waals surface area contributed by atoms with E-state index in [2.05, 4.69) is 23.8 Å². The fourth-order valence-corrected chi connectivity index (χ4v) is 2.45. The molecule has 3 N–H and O–H groups in total. The maximum Gasteiger partial charge on any atom is 0.139 e. The van der Waals surface area contributed by atoms with Gasteiger partial charge in [-0.2, -0.15) is 5.90 Å². The number of halogens is 1. The highest BCUT2D eigenvalue weighted by Crippen LogP contribution is 2.35. The van der Waals surface area contributed by atoms with Crippen LogP contribution >= 0.6 is 11.6 Å². The van der Waals surface area contributed by atoms with Gasteiger partial charge in [0.15, 0.2) is 0 Å². The Labute approximate surface area is 111 Å². The van der Waals surface area contributed by atoms with Gasteiger partial charge in [-0.25, -0.2) is 4.98 Å². The molecule has 0 atom stereocenters. The molecule has 2 rings (SSSR count). The molecule has 96 valence electrons. The number of hydrogen-bond acceptors (Lipinski definition) is 3. The van der Waals surface area contributed by atoms with E-state index in [1.54, 1.807) is 12.3 Å². The number of nitrogens with zero attached hydrogens (tertiary/aromatic N) is 1. The highest BCUT2D eigenvalue weighted by molar-refractivity contribution is 6.35. The zero-order valence-corrected chi connectivity index (χ0v) is 11.4. The molecule has 2 heterocycles. The minimum absolute atomic E-state index is 0.267. The average molecular weight is 266 g/mol. The second-order valence-electron chi connectivity index (χ2n) is 4.46. The Morgan fingerprint density at radius 3 is 2.83 bits per heavy atom. The number of nitrogens with one attached hydrogen (secondary N) is 1. The van der Waals surface area contributed by atoms with Crippen molar-refractivity contribution in [3.05, 3.63) is 34.8 Å². The maximum absolute atomic E-state index is 6.25. The molecule has 0 amide bonds. The van der Waals surface area contributed by atoms with Crippen molar-refractivity contribution >= 4 is 28.2 Å². The second kappa shape index (κ2) is 5.00. The van der Waals surface area contributed by atoms with Crippen LogP contribution < -0.4 is 5.90 Å². The van der Waals surface area contributed by atoms with Gasteiger partial charge in [-0.1, -0.05) is 25.4 Å². The molecule has 0 unspecified atom stereocenters. The number of hydrogen-bond donors (Lipinski definition) is 2. The van der Waals surface area contributed by atoms with E-state index in [-0.39, 0.29) is 5.92 Å². The third-order valence-electron chi connectivity index (χ3n) is 2.95. The summed E-state index contributed by atoms with van der Waals surface area (Å²) in [5.41, 5.74) is 2.78. The monoisotopic (exact) mass is 265 g/mol. The van der Waals surface area contributed by atoms with Crippen molar-refractivity contribution < 1.29 is 4.84 Å². The van der Waals surface area contributed by atoms with Crippen molar-refractivity contribution in [3.63, 3.8) is 0 Å². The molecular weight excluding hydrogens is 250 g/mol. The van der Waals surface area contributed by atoms with Crippen LogP contribution in [-0.4, -0.2) is 9.97 Å². The lowest BCUT2D eigenvalue weighted by Crippen LogP contribution is -2.03. The Bertz CT molecular complexity index is 601. The van der Waals surface area contributed by atoms with E-state index >= 15 is 0 Å². The Morgan fingerprint density at radius 2 is 2.22 bits per heavy atom. The van der Waals surface area contributed by atoms with Gasteiger partial charge in [0, 0.05) is 28.9 Å². The van der Waals surface area contributed by atoms with Crippen molar-refractivity contribution in [2.24, 2.45) is 11.8 Å². The number of aromatic nitrogens is 2. The number of allylic oxidation sites excluding steroid dienone is 2. The summed E-state index contributed by atoms with van der Waals surface area (Å²) in [5.74, 6) is 6.24. The second-order valence-corrected chi connectivity index (χ2v) is 4.87. The summed E-state index contributed by atoms with van der Waals surface area (Å²) in [6.07, 6.45) is 3.57. The van der Waals surface area contributed by atoms with Crippen LogP contribution in [0.3, 0.4) is 0 Å². The van der Waals surface area contributed by atoms with Crippen molar-refractivity contribution in [2.45, 2.75) is 20.8 Å². The number of pyridine rings is 1. The normalized spacial score (nSPS) is 13.0. The molecule has 0 bridgehead atoms. The van der Waals surface area contributed by atoms with Crippen molar-refractivity contribution in [2.75, 3.05) is 0 Å². The SMILES string of the molecule is C/C(ON)=C(\c1c[nH]c2nccc(Cl)c12)C(C)C. The van der Waals surface area contributed by atoms with Crippen LogP contribution in [0.2, 0.25) is 5.02 Å². The highest BCUT2D eigenvalue weighted by Gasteiger charge is 2.18. The zero-order valence-electron chi connectivity index (χ0n) is 10.6. The summed E-state index contributed by atoms with van der Waals surface area (Å²) in [6.45, 7) is 6.01. The van der Waals surface area contributed by atoms with Crippen LogP contribution in [0.15, 0.2) is 24.2 Å². The van der Waals surface area contributed by atoms with Gasteiger partial charge < -0.3 is 9.82 Å². The van der Waals surface area contributed by atoms with E-state index in [9.17, 15) is 0 Å². The molecule has 18 heavy (non-hydrogen) atoms. The summed E-state index contributed by atoms with van der Waals surface area (Å²) in [7, 11) is 0. The van der Waals surface area contributed by atoms with Gasteiger partial charge in [-0.3, -0.25) is 0 Å². The summed E-state index contributed by atoms with van der Waals surface area (Å²) >= 11 is 6.25. The Balaban J connectivity index is 2.74. The number of fused-ring (bicyclic) bond motifs is 1. The summed E-state index contributed by atoms with van der Waals surface area (Å²) in [4.78, 5) is 12.3. The number of aromatic amines is 1. The quantitative estimate of drug-likeness (QED) is 0.659. The van der Waals surface area contributed by atoms with Gasteiger partial charge in [0.25, 0.3) is 0 Å². The van der Waals surface area contributed by atoms with E-state index < -0.39 is 0 Å². The molecule has 0 spiro atoms. The van der Waals surface area contributed by atoms with Crippen LogP contribution in [0.5, 0.6) is 0 Å². The van der Waals surface area contributed by atoms with Gasteiger partial charge >= 0.3 is 0 Å². The van der Waals surface area contributed by atoms with Crippen molar-refractivity contribution in [1.82, 2.24) is 9.97 Å². The van der Waals surface area contributed by atoms with E-state index in [1.807, 2.05) is 13.1 Å². The molecule has 0 saturated heterocycles. The highest BCUT2D eigenvalue weighted by atomic mass is 35.5. The Kier molecular flexibility index (Phi) is 3.59. The Hall–Kier alpha value is -1.52. The third-order valence-corrected chi connectivity index (χ3v) is 3.26. The first-order valence-corrected chi connectivity index (χ1v) is 6.13. The fourth-order valence-electron chi connectivity index (χ4n) is 2.20. The minimum Gasteiger partial charge on any atom is -0.416 e. The van der Waals surface area contributed by atoms with E-state index in [1.165, 1.54) is 0 Å². The maximum atomic E-state index is 6.25. The molecular formula is C13H16ClN3O. The molecule has 0 fully saturated rings. The first kappa shape index (κ1) is 12.9. The van der Waals surface area contributed by atoms with Gasteiger partial charge in [-0.15, -0.1) is 0 Å². The predicted octanol–water partition coefficient (Wildman–Crippen LogP) is 3.49.